The van der Waals surface area contributed by atoms with Crippen LogP contribution in [0.5, 0.6) is 0 Å². The first-order valence-corrected chi connectivity index (χ1v) is 10.6. The Morgan fingerprint density at radius 2 is 2.06 bits per heavy atom. The molecule has 3 heterocycles. The van der Waals surface area contributed by atoms with Gasteiger partial charge in [0, 0.05) is 36.1 Å². The van der Waals surface area contributed by atoms with Gasteiger partial charge in [-0.05, 0) is 41.8 Å². The number of carbonyl (C=O) groups is 1. The lowest BCUT2D eigenvalue weighted by atomic mass is 9.98. The number of hydrogen-bond acceptors (Lipinski definition) is 8. The summed E-state index contributed by atoms with van der Waals surface area (Å²) in [4.78, 5) is 23.5. The molecule has 0 spiro atoms. The average molecular weight is 462 g/mol. The molecule has 0 bridgehead atoms. The molecule has 4 aromatic rings. The third-order valence-corrected chi connectivity index (χ3v) is 5.79. The van der Waals surface area contributed by atoms with E-state index in [1.165, 1.54) is 6.07 Å². The number of fused-ring (bicyclic) bond motifs is 2. The Balaban J connectivity index is 1.41. The summed E-state index contributed by atoms with van der Waals surface area (Å²) in [6, 6.07) is 12.1. The quantitative estimate of drug-likeness (QED) is 0.224. The van der Waals surface area contributed by atoms with Crippen LogP contribution in [0.4, 0.5) is 33.6 Å². The third kappa shape index (κ3) is 4.08. The Kier molecular flexibility index (Phi) is 5.45. The molecule has 0 aliphatic carbocycles. The van der Waals surface area contributed by atoms with Gasteiger partial charge in [-0.25, -0.2) is 4.79 Å². The first-order chi connectivity index (χ1) is 16.4. The Morgan fingerprint density at radius 3 is 2.85 bits per heavy atom. The Bertz CT molecular complexity index is 1370. The SMILES string of the molecule is Cc1cc([NH+](O)O)ccc1NC(=O)N1CC(Nc2nc(N)nc3[nH]ncc23)Cc2ccccc21. The number of nitrogens with two attached hydrogens (primary N) is 1. The van der Waals surface area contributed by atoms with Crippen LogP contribution >= 0.6 is 0 Å². The van der Waals surface area contributed by atoms with Crippen molar-refractivity contribution in [1.29, 1.82) is 0 Å². The fourth-order valence-corrected chi connectivity index (χ4v) is 4.17. The summed E-state index contributed by atoms with van der Waals surface area (Å²) >= 11 is 0. The number of rotatable bonds is 4. The molecule has 0 radical (unpaired) electrons. The molecule has 0 saturated carbocycles. The fourth-order valence-electron chi connectivity index (χ4n) is 4.17. The number of benzene rings is 2. The Labute approximate surface area is 194 Å². The fraction of sp³-hybridized carbons (Fsp3) is 0.182. The monoisotopic (exact) mass is 462 g/mol. The van der Waals surface area contributed by atoms with E-state index in [1.807, 2.05) is 24.3 Å². The molecule has 1 unspecified atom stereocenters. The van der Waals surface area contributed by atoms with Crippen molar-refractivity contribution < 1.29 is 20.4 Å². The maximum Gasteiger partial charge on any atom is 0.326 e. The highest BCUT2D eigenvalue weighted by molar-refractivity contribution is 6.03. The van der Waals surface area contributed by atoms with E-state index >= 15 is 0 Å². The van der Waals surface area contributed by atoms with E-state index in [0.29, 0.717) is 41.1 Å². The maximum absolute atomic E-state index is 13.3. The van der Waals surface area contributed by atoms with Gasteiger partial charge in [0.25, 0.3) is 0 Å². The van der Waals surface area contributed by atoms with Crippen molar-refractivity contribution >= 4 is 45.9 Å². The van der Waals surface area contributed by atoms with E-state index in [0.717, 1.165) is 11.3 Å². The van der Waals surface area contributed by atoms with Gasteiger partial charge in [-0.2, -0.15) is 25.5 Å². The minimum Gasteiger partial charge on any atom is -0.368 e. The first kappa shape index (κ1) is 21.6. The molecule has 174 valence electrons. The number of para-hydroxylation sites is 1. The summed E-state index contributed by atoms with van der Waals surface area (Å²) in [5.41, 5.74) is 9.77. The Morgan fingerprint density at radius 1 is 1.24 bits per heavy atom. The van der Waals surface area contributed by atoms with Gasteiger partial charge in [0.2, 0.25) is 5.95 Å². The number of urea groups is 1. The van der Waals surface area contributed by atoms with Crippen LogP contribution in [0, 0.1) is 6.92 Å². The van der Waals surface area contributed by atoms with Crippen LogP contribution < -0.4 is 26.5 Å². The van der Waals surface area contributed by atoms with Crippen LogP contribution in [0.15, 0.2) is 48.7 Å². The highest BCUT2D eigenvalue weighted by Crippen LogP contribution is 2.30. The maximum atomic E-state index is 13.3. The van der Waals surface area contributed by atoms with E-state index in [9.17, 15) is 15.2 Å². The van der Waals surface area contributed by atoms with Gasteiger partial charge in [-0.1, -0.05) is 18.2 Å². The van der Waals surface area contributed by atoms with Gasteiger partial charge >= 0.3 is 6.03 Å². The lowest BCUT2D eigenvalue weighted by Crippen LogP contribution is -3.01. The van der Waals surface area contributed by atoms with E-state index in [4.69, 9.17) is 5.73 Å². The van der Waals surface area contributed by atoms with Crippen molar-refractivity contribution in [3.8, 4) is 0 Å². The molecular weight excluding hydrogens is 438 g/mol. The number of nitrogen functional groups attached to an aromatic ring is 1. The predicted molar refractivity (Wildman–Crippen MR) is 125 cm³/mol. The second-order valence-corrected chi connectivity index (χ2v) is 8.13. The molecule has 5 rings (SSSR count). The number of hydrogen-bond donors (Lipinski definition) is 7. The molecule has 1 atom stereocenters. The van der Waals surface area contributed by atoms with Gasteiger partial charge in [-0.15, -0.1) is 0 Å². The average Bonchev–Trinajstić information content (AvgIpc) is 3.28. The molecule has 12 heteroatoms. The molecule has 0 saturated heterocycles. The number of carbonyl (C=O) groups excluding carboxylic acids is 1. The van der Waals surface area contributed by atoms with Gasteiger partial charge in [-0.3, -0.25) is 10.00 Å². The summed E-state index contributed by atoms with van der Waals surface area (Å²) < 4.78 is 0. The topological polar surface area (TPSA) is 170 Å². The zero-order valence-electron chi connectivity index (χ0n) is 18.3. The number of aryl methyl sites for hydroxylation is 1. The van der Waals surface area contributed by atoms with Gasteiger partial charge in [0.1, 0.15) is 5.82 Å². The number of amides is 2. The lowest BCUT2D eigenvalue weighted by Gasteiger charge is -2.35. The second kappa shape index (κ2) is 8.59. The lowest BCUT2D eigenvalue weighted by molar-refractivity contribution is -1.19. The summed E-state index contributed by atoms with van der Waals surface area (Å²) in [6.07, 6.45) is 2.31. The molecule has 0 fully saturated rings. The summed E-state index contributed by atoms with van der Waals surface area (Å²) in [6.45, 7) is 2.17. The van der Waals surface area contributed by atoms with Crippen molar-refractivity contribution in [2.75, 3.05) is 27.8 Å². The third-order valence-electron chi connectivity index (χ3n) is 5.79. The van der Waals surface area contributed by atoms with Crippen LogP contribution in [0.25, 0.3) is 11.0 Å². The molecule has 2 aromatic carbocycles. The molecule has 34 heavy (non-hydrogen) atoms. The molecule has 2 amide bonds. The van der Waals surface area contributed by atoms with Crippen molar-refractivity contribution in [1.82, 2.24) is 20.2 Å². The normalized spacial score (nSPS) is 15.4. The summed E-state index contributed by atoms with van der Waals surface area (Å²) in [5.74, 6) is 0.669. The van der Waals surface area contributed by atoms with E-state index < -0.39 is 5.23 Å². The summed E-state index contributed by atoms with van der Waals surface area (Å²) in [5, 5.41) is 31.7. The molecule has 12 nitrogen and oxygen atoms in total. The number of aromatic nitrogens is 4. The zero-order valence-corrected chi connectivity index (χ0v) is 18.3. The molecule has 8 N–H and O–H groups in total. The van der Waals surface area contributed by atoms with Crippen LogP contribution in [0.2, 0.25) is 0 Å². The molecular formula is C22H24N9O3+. The minimum atomic E-state index is -0.767. The predicted octanol–water partition coefficient (Wildman–Crippen LogP) is 1.61. The second-order valence-electron chi connectivity index (χ2n) is 8.13. The van der Waals surface area contributed by atoms with E-state index in [-0.39, 0.29) is 23.7 Å². The van der Waals surface area contributed by atoms with Gasteiger partial charge < -0.3 is 16.4 Å². The summed E-state index contributed by atoms with van der Waals surface area (Å²) in [7, 11) is 0. The van der Waals surface area contributed by atoms with Gasteiger partial charge in [0.05, 0.1) is 11.6 Å². The molecule has 2 aromatic heterocycles. The number of H-pyrrole nitrogens is 1. The van der Waals surface area contributed by atoms with E-state index in [2.05, 4.69) is 30.8 Å². The van der Waals surface area contributed by atoms with Crippen molar-refractivity contribution in [2.24, 2.45) is 0 Å². The van der Waals surface area contributed by atoms with E-state index in [1.54, 1.807) is 30.2 Å². The standard InChI is InChI=1S/C22H23N9O3/c1-12-8-15(31(33)34)6-7-17(12)26-22(32)30-11-14(9-13-4-2-3-5-18(13)30)25-19-16-10-24-29-20(16)28-21(23)27-19/h2-8,10,14,33-34H,9,11H2,1H3,(H,26,32)(H4,23,24,25,27,28,29)/p+1. The number of aromatic amines is 1. The van der Waals surface area contributed by atoms with Crippen molar-refractivity contribution in [3.63, 3.8) is 0 Å². The molecule has 1 aliphatic heterocycles. The highest BCUT2D eigenvalue weighted by Gasteiger charge is 2.29. The van der Waals surface area contributed by atoms with Gasteiger partial charge in [0.15, 0.2) is 11.3 Å². The Hall–Kier alpha value is -4.26. The van der Waals surface area contributed by atoms with Crippen LogP contribution in [-0.2, 0) is 6.42 Å². The minimum absolute atomic E-state index is 0.121. The van der Waals surface area contributed by atoms with Crippen LogP contribution in [-0.4, -0.2) is 49.2 Å². The zero-order chi connectivity index (χ0) is 23.8. The van der Waals surface area contributed by atoms with Crippen molar-refractivity contribution in [3.05, 3.63) is 59.8 Å². The number of anilines is 4. The van der Waals surface area contributed by atoms with Crippen molar-refractivity contribution in [2.45, 2.75) is 19.4 Å². The molecule has 1 aliphatic rings. The largest absolute Gasteiger partial charge is 0.368 e. The first-order valence-electron chi connectivity index (χ1n) is 10.6. The smallest absolute Gasteiger partial charge is 0.326 e. The number of quaternary nitrogens is 1. The van der Waals surface area contributed by atoms with Crippen LogP contribution in [0.3, 0.4) is 0 Å². The number of nitrogens with one attached hydrogen (secondary N) is 4. The highest BCUT2D eigenvalue weighted by atomic mass is 16.8. The van der Waals surface area contributed by atoms with Crippen LogP contribution in [0.1, 0.15) is 11.1 Å². The number of nitrogens with zero attached hydrogens (tertiary/aromatic N) is 4.